The predicted molar refractivity (Wildman–Crippen MR) is 77.0 cm³/mol. The number of thioether (sulfide) groups is 1. The van der Waals surface area contributed by atoms with Gasteiger partial charge >= 0.3 is 0 Å². The van der Waals surface area contributed by atoms with E-state index in [1.165, 1.54) is 5.56 Å². The lowest BCUT2D eigenvalue weighted by atomic mass is 10.2. The van der Waals surface area contributed by atoms with Crippen LogP contribution >= 0.6 is 11.8 Å². The van der Waals surface area contributed by atoms with Crippen LogP contribution in [0.3, 0.4) is 0 Å². The summed E-state index contributed by atoms with van der Waals surface area (Å²) >= 11 is 1.77. The second-order valence-corrected chi connectivity index (χ2v) is 10.2. The van der Waals surface area contributed by atoms with Gasteiger partial charge in [-0.05, 0) is 37.0 Å². The molecule has 0 atom stereocenters. The van der Waals surface area contributed by atoms with Crippen LogP contribution in [-0.2, 0) is 4.43 Å². The molecule has 0 fully saturated rings. The van der Waals surface area contributed by atoms with Crippen LogP contribution in [0.1, 0.15) is 12.5 Å². The largest absolute Gasteiger partial charge is 0.540 e. The highest BCUT2D eigenvalue weighted by molar-refractivity contribution is 8.03. The molecule has 0 amide bonds. The molecule has 0 aliphatic rings. The van der Waals surface area contributed by atoms with Gasteiger partial charge in [-0.15, -0.1) is 0 Å². The second-order valence-electron chi connectivity index (χ2n) is 4.52. The number of hydrogen-bond acceptors (Lipinski definition) is 2. The van der Waals surface area contributed by atoms with Crippen molar-refractivity contribution < 1.29 is 4.43 Å². The zero-order valence-electron chi connectivity index (χ0n) is 10.5. The van der Waals surface area contributed by atoms with E-state index in [-0.39, 0.29) is 0 Å². The topological polar surface area (TPSA) is 9.23 Å². The maximum absolute atomic E-state index is 6.05. The van der Waals surface area contributed by atoms with E-state index < -0.39 is 8.32 Å². The zero-order valence-corrected chi connectivity index (χ0v) is 12.3. The molecule has 3 heteroatoms. The average Bonchev–Trinajstić information content (AvgIpc) is 2.17. The van der Waals surface area contributed by atoms with Crippen molar-refractivity contribution in [1.82, 2.24) is 0 Å². The minimum Gasteiger partial charge on any atom is -0.540 e. The molecule has 0 saturated heterocycles. The summed E-state index contributed by atoms with van der Waals surface area (Å²) in [5.74, 6) is 1.04. The van der Waals surface area contributed by atoms with Crippen molar-refractivity contribution in [2.24, 2.45) is 0 Å². The highest BCUT2D eigenvalue weighted by Gasteiger charge is 2.17. The van der Waals surface area contributed by atoms with Crippen LogP contribution in [0.5, 0.6) is 0 Å². The van der Waals surface area contributed by atoms with Crippen LogP contribution in [-0.4, -0.2) is 14.1 Å². The Balaban J connectivity index is 2.81. The first-order chi connectivity index (χ1) is 7.51. The summed E-state index contributed by atoms with van der Waals surface area (Å²) in [4.78, 5) is 0. The Kier molecular flexibility index (Phi) is 5.15. The summed E-state index contributed by atoms with van der Waals surface area (Å²) in [6.07, 6.45) is 2.13. The van der Waals surface area contributed by atoms with E-state index in [0.717, 1.165) is 10.8 Å². The fourth-order valence-corrected chi connectivity index (χ4v) is 3.38. The molecule has 88 valence electrons. The Morgan fingerprint density at radius 2 is 1.88 bits per heavy atom. The van der Waals surface area contributed by atoms with Gasteiger partial charge in [0.2, 0.25) is 8.32 Å². The van der Waals surface area contributed by atoms with E-state index in [1.54, 1.807) is 11.8 Å². The first-order valence-corrected chi connectivity index (χ1v) is 9.99. The van der Waals surface area contributed by atoms with Gasteiger partial charge in [-0.2, -0.15) is 0 Å². The normalized spacial score (nSPS) is 12.6. The lowest BCUT2D eigenvalue weighted by Gasteiger charge is -2.21. The van der Waals surface area contributed by atoms with Gasteiger partial charge in [-0.3, -0.25) is 0 Å². The molecule has 0 N–H and O–H groups in total. The molecular formula is C13H20OSSi. The maximum Gasteiger partial charge on any atom is 0.242 e. The summed E-state index contributed by atoms with van der Waals surface area (Å²) < 4.78 is 6.05. The van der Waals surface area contributed by atoms with Crippen molar-refractivity contribution in [1.29, 1.82) is 0 Å². The Morgan fingerprint density at radius 1 is 1.25 bits per heavy atom. The Morgan fingerprint density at radius 3 is 2.38 bits per heavy atom. The van der Waals surface area contributed by atoms with Crippen LogP contribution in [0.25, 0.3) is 6.08 Å². The van der Waals surface area contributed by atoms with Crippen LogP contribution in [0.4, 0.5) is 0 Å². The third-order valence-corrected chi connectivity index (χ3v) is 3.53. The molecule has 0 radical (unpaired) electrons. The smallest absolute Gasteiger partial charge is 0.242 e. The third-order valence-electron chi connectivity index (χ3n) is 1.78. The summed E-state index contributed by atoms with van der Waals surface area (Å²) in [7, 11) is -1.50. The van der Waals surface area contributed by atoms with E-state index in [4.69, 9.17) is 4.43 Å². The van der Waals surface area contributed by atoms with E-state index in [9.17, 15) is 0 Å². The molecule has 0 aromatic heterocycles. The number of benzene rings is 1. The van der Waals surface area contributed by atoms with Gasteiger partial charge in [0.25, 0.3) is 0 Å². The second kappa shape index (κ2) is 6.16. The molecule has 0 unspecified atom stereocenters. The van der Waals surface area contributed by atoms with Gasteiger partial charge in [0.15, 0.2) is 0 Å². The van der Waals surface area contributed by atoms with E-state index in [0.29, 0.717) is 0 Å². The molecule has 0 bridgehead atoms. The molecule has 1 aromatic rings. The van der Waals surface area contributed by atoms with Crippen molar-refractivity contribution in [3.05, 3.63) is 41.0 Å². The minimum atomic E-state index is -1.50. The molecule has 0 spiro atoms. The van der Waals surface area contributed by atoms with Crippen molar-refractivity contribution in [3.63, 3.8) is 0 Å². The van der Waals surface area contributed by atoms with Gasteiger partial charge in [-0.25, -0.2) is 0 Å². The molecule has 0 aliphatic carbocycles. The SMILES string of the molecule is CCS/C(=C/c1ccccc1)O[Si](C)(C)C. The van der Waals surface area contributed by atoms with Crippen LogP contribution in [0.15, 0.2) is 35.4 Å². The molecule has 16 heavy (non-hydrogen) atoms. The molecular weight excluding hydrogens is 232 g/mol. The molecule has 1 nitrogen and oxygen atoms in total. The summed E-state index contributed by atoms with van der Waals surface area (Å²) in [5, 5.41) is 1.05. The molecule has 0 saturated carbocycles. The fourth-order valence-electron chi connectivity index (χ4n) is 1.23. The van der Waals surface area contributed by atoms with Crippen molar-refractivity contribution in [2.45, 2.75) is 26.6 Å². The van der Waals surface area contributed by atoms with Gasteiger partial charge in [0.05, 0.1) is 0 Å². The van der Waals surface area contributed by atoms with Crippen LogP contribution in [0.2, 0.25) is 19.6 Å². The van der Waals surface area contributed by atoms with Crippen molar-refractivity contribution in [2.75, 3.05) is 5.75 Å². The van der Waals surface area contributed by atoms with E-state index >= 15 is 0 Å². The zero-order chi connectivity index (χ0) is 12.0. The lowest BCUT2D eigenvalue weighted by molar-refractivity contribution is 0.468. The standard InChI is InChI=1S/C13H20OSSi/c1-5-15-13(14-16(2,3)4)11-12-9-7-6-8-10-12/h6-11H,5H2,1-4H3/b13-11+. The maximum atomic E-state index is 6.05. The van der Waals surface area contributed by atoms with Gasteiger partial charge < -0.3 is 4.43 Å². The molecule has 1 aromatic carbocycles. The van der Waals surface area contributed by atoms with Crippen molar-refractivity contribution in [3.8, 4) is 0 Å². The Bertz CT molecular complexity index is 341. The average molecular weight is 252 g/mol. The van der Waals surface area contributed by atoms with E-state index in [2.05, 4.69) is 56.9 Å². The Hall–Kier alpha value is -0.673. The Labute approximate surface area is 104 Å². The van der Waals surface area contributed by atoms with Crippen LogP contribution in [0, 0.1) is 0 Å². The molecule has 1 rings (SSSR count). The molecule has 0 aliphatic heterocycles. The molecule has 0 heterocycles. The van der Waals surface area contributed by atoms with Crippen molar-refractivity contribution >= 4 is 26.2 Å². The summed E-state index contributed by atoms with van der Waals surface area (Å²) in [5.41, 5.74) is 1.21. The monoisotopic (exact) mass is 252 g/mol. The highest BCUT2D eigenvalue weighted by Crippen LogP contribution is 2.24. The first kappa shape index (κ1) is 13.4. The predicted octanol–water partition coefficient (Wildman–Crippen LogP) is 4.59. The van der Waals surface area contributed by atoms with Gasteiger partial charge in [0, 0.05) is 0 Å². The minimum absolute atomic E-state index is 1.04. The van der Waals surface area contributed by atoms with Gasteiger partial charge in [-0.1, -0.05) is 49.0 Å². The highest BCUT2D eigenvalue weighted by atomic mass is 32.2. The fraction of sp³-hybridized carbons (Fsp3) is 0.385. The van der Waals surface area contributed by atoms with E-state index in [1.807, 2.05) is 6.07 Å². The summed E-state index contributed by atoms with van der Waals surface area (Å²) in [6.45, 7) is 8.78. The summed E-state index contributed by atoms with van der Waals surface area (Å²) in [6, 6.07) is 10.3. The quantitative estimate of drug-likeness (QED) is 0.560. The van der Waals surface area contributed by atoms with Crippen LogP contribution < -0.4 is 0 Å². The number of hydrogen-bond donors (Lipinski definition) is 0. The van der Waals surface area contributed by atoms with Gasteiger partial charge in [0.1, 0.15) is 5.09 Å². The first-order valence-electron chi connectivity index (χ1n) is 5.60. The lowest BCUT2D eigenvalue weighted by Crippen LogP contribution is -2.24. The third kappa shape index (κ3) is 5.42. The number of rotatable bonds is 5.